The number of sulfonamides is 1. The second-order valence-electron chi connectivity index (χ2n) is 4.47. The Balaban J connectivity index is 2.42. The van der Waals surface area contributed by atoms with Crippen LogP contribution in [0, 0.1) is 5.82 Å². The summed E-state index contributed by atoms with van der Waals surface area (Å²) in [6.07, 6.45) is 0. The molecule has 2 aromatic rings. The van der Waals surface area contributed by atoms with Gasteiger partial charge in [-0.05, 0) is 38.1 Å². The average Bonchev–Trinajstić information content (AvgIpc) is 2.78. The molecule has 0 spiro atoms. The lowest BCUT2D eigenvalue weighted by molar-refractivity contribution is 0.439. The fraction of sp³-hybridized carbons (Fsp3) is 0.273. The number of hydrogen-bond acceptors (Lipinski definition) is 5. The molecule has 102 valence electrons. The first-order chi connectivity index (χ1) is 8.72. The number of nitrogens with two attached hydrogens (primary N) is 1. The first-order valence-electron chi connectivity index (χ1n) is 5.34. The number of aromatic nitrogens is 2. The minimum atomic E-state index is -3.89. The van der Waals surface area contributed by atoms with Crippen LogP contribution in [-0.4, -0.2) is 18.6 Å². The molecule has 0 radical (unpaired) electrons. The molecule has 8 heteroatoms. The van der Waals surface area contributed by atoms with Gasteiger partial charge in [0.1, 0.15) is 5.82 Å². The van der Waals surface area contributed by atoms with Crippen molar-refractivity contribution in [1.82, 2.24) is 10.2 Å². The maximum atomic E-state index is 12.8. The van der Waals surface area contributed by atoms with Gasteiger partial charge < -0.3 is 4.42 Å². The topological polar surface area (TPSA) is 99.1 Å². The molecule has 0 aliphatic rings. The zero-order valence-electron chi connectivity index (χ0n) is 10.3. The first-order valence-corrected chi connectivity index (χ1v) is 6.89. The molecule has 0 saturated carbocycles. The molecule has 0 fully saturated rings. The maximum absolute atomic E-state index is 12.8. The van der Waals surface area contributed by atoms with Crippen LogP contribution in [0.5, 0.6) is 0 Å². The second-order valence-corrected chi connectivity index (χ2v) is 6.59. The number of rotatable bonds is 3. The number of hydrogen-bond donors (Lipinski definition) is 1. The molecule has 0 unspecified atom stereocenters. The highest BCUT2D eigenvalue weighted by Gasteiger charge is 2.39. The van der Waals surface area contributed by atoms with Crippen molar-refractivity contribution in [3.63, 3.8) is 0 Å². The van der Waals surface area contributed by atoms with Gasteiger partial charge in [-0.3, -0.25) is 0 Å². The van der Waals surface area contributed by atoms with E-state index in [1.54, 1.807) is 0 Å². The monoisotopic (exact) mass is 285 g/mol. The van der Waals surface area contributed by atoms with E-state index in [9.17, 15) is 12.8 Å². The summed E-state index contributed by atoms with van der Waals surface area (Å²) in [4.78, 5) is 0. The van der Waals surface area contributed by atoms with Gasteiger partial charge >= 0.3 is 0 Å². The van der Waals surface area contributed by atoms with E-state index in [2.05, 4.69) is 10.2 Å². The molecule has 0 saturated heterocycles. The Kier molecular flexibility index (Phi) is 3.15. The van der Waals surface area contributed by atoms with E-state index in [1.807, 2.05) is 0 Å². The van der Waals surface area contributed by atoms with Crippen LogP contribution in [0.1, 0.15) is 19.7 Å². The summed E-state index contributed by atoms with van der Waals surface area (Å²) in [5.41, 5.74) is 0.491. The van der Waals surface area contributed by atoms with Crippen molar-refractivity contribution in [2.75, 3.05) is 0 Å². The molecule has 0 bridgehead atoms. The van der Waals surface area contributed by atoms with Crippen LogP contribution in [0.3, 0.4) is 0 Å². The average molecular weight is 285 g/mol. The smallest absolute Gasteiger partial charge is 0.247 e. The fourth-order valence-corrected chi connectivity index (χ4v) is 1.62. The molecule has 0 atom stereocenters. The molecule has 2 N–H and O–H groups in total. The third kappa shape index (κ3) is 2.49. The van der Waals surface area contributed by atoms with Crippen LogP contribution in [0.15, 0.2) is 28.7 Å². The first kappa shape index (κ1) is 13.6. The Morgan fingerprint density at radius 2 is 1.79 bits per heavy atom. The fourth-order valence-electron chi connectivity index (χ4n) is 1.30. The van der Waals surface area contributed by atoms with Crippen LogP contribution < -0.4 is 5.14 Å². The normalized spacial score (nSPS) is 12.6. The van der Waals surface area contributed by atoms with E-state index in [1.165, 1.54) is 38.1 Å². The Hall–Kier alpha value is -1.80. The summed E-state index contributed by atoms with van der Waals surface area (Å²) in [5.74, 6) is -0.408. The van der Waals surface area contributed by atoms with Gasteiger partial charge in [-0.1, -0.05) is 0 Å². The van der Waals surface area contributed by atoms with Crippen molar-refractivity contribution in [3.8, 4) is 11.5 Å². The molecule has 1 heterocycles. The molecule has 19 heavy (non-hydrogen) atoms. The zero-order valence-corrected chi connectivity index (χ0v) is 11.1. The van der Waals surface area contributed by atoms with Crippen molar-refractivity contribution in [3.05, 3.63) is 36.0 Å². The number of primary sulfonamides is 1. The van der Waals surface area contributed by atoms with Crippen molar-refractivity contribution in [2.45, 2.75) is 18.6 Å². The standard InChI is InChI=1S/C11H12FN3O3S/c1-11(2,19(13,16)17)10-15-14-9(18-10)7-3-5-8(12)6-4-7/h3-6H,1-2H3,(H2,13,16,17). The van der Waals surface area contributed by atoms with Crippen molar-refractivity contribution >= 4 is 10.0 Å². The number of benzene rings is 1. The van der Waals surface area contributed by atoms with Crippen LogP contribution >= 0.6 is 0 Å². The molecule has 2 rings (SSSR count). The molecular weight excluding hydrogens is 273 g/mol. The van der Waals surface area contributed by atoms with Crippen LogP contribution in [0.25, 0.3) is 11.5 Å². The predicted octanol–water partition coefficient (Wildman–Crippen LogP) is 1.40. The molecule has 0 aliphatic heterocycles. The Morgan fingerprint density at radius 1 is 1.21 bits per heavy atom. The van der Waals surface area contributed by atoms with Crippen LogP contribution in [0.2, 0.25) is 0 Å². The quantitative estimate of drug-likeness (QED) is 0.918. The van der Waals surface area contributed by atoms with Gasteiger partial charge in [-0.15, -0.1) is 10.2 Å². The highest BCUT2D eigenvalue weighted by molar-refractivity contribution is 7.90. The van der Waals surface area contributed by atoms with E-state index in [0.717, 1.165) is 0 Å². The van der Waals surface area contributed by atoms with Crippen LogP contribution in [0.4, 0.5) is 4.39 Å². The molecular formula is C11H12FN3O3S. The predicted molar refractivity (Wildman–Crippen MR) is 65.8 cm³/mol. The van der Waals surface area contributed by atoms with Gasteiger partial charge in [0.2, 0.25) is 21.8 Å². The van der Waals surface area contributed by atoms with Gasteiger partial charge in [-0.25, -0.2) is 17.9 Å². The van der Waals surface area contributed by atoms with Gasteiger partial charge in [-0.2, -0.15) is 0 Å². The summed E-state index contributed by atoms with van der Waals surface area (Å²) >= 11 is 0. The minimum Gasteiger partial charge on any atom is -0.419 e. The number of nitrogens with zero attached hydrogens (tertiary/aromatic N) is 2. The van der Waals surface area contributed by atoms with E-state index >= 15 is 0 Å². The van der Waals surface area contributed by atoms with E-state index in [0.29, 0.717) is 5.56 Å². The molecule has 6 nitrogen and oxygen atoms in total. The summed E-state index contributed by atoms with van der Waals surface area (Å²) in [7, 11) is -3.89. The Labute approximate surface area is 109 Å². The maximum Gasteiger partial charge on any atom is 0.247 e. The summed E-state index contributed by atoms with van der Waals surface area (Å²) < 4.78 is 39.5. The lowest BCUT2D eigenvalue weighted by Gasteiger charge is -2.16. The van der Waals surface area contributed by atoms with Crippen molar-refractivity contribution in [1.29, 1.82) is 0 Å². The lowest BCUT2D eigenvalue weighted by atomic mass is 10.2. The van der Waals surface area contributed by atoms with Gasteiger partial charge in [0, 0.05) is 5.56 Å². The third-order valence-electron chi connectivity index (χ3n) is 2.74. The van der Waals surface area contributed by atoms with Crippen molar-refractivity contribution in [2.24, 2.45) is 5.14 Å². The van der Waals surface area contributed by atoms with E-state index in [-0.39, 0.29) is 11.8 Å². The van der Waals surface area contributed by atoms with Gasteiger partial charge in [0.05, 0.1) is 0 Å². The number of halogens is 1. The molecule has 1 aromatic carbocycles. The Morgan fingerprint density at radius 3 is 2.32 bits per heavy atom. The van der Waals surface area contributed by atoms with Crippen molar-refractivity contribution < 1.29 is 17.2 Å². The highest BCUT2D eigenvalue weighted by Crippen LogP contribution is 2.28. The summed E-state index contributed by atoms with van der Waals surface area (Å²) in [5, 5.41) is 12.5. The minimum absolute atomic E-state index is 0.103. The lowest BCUT2D eigenvalue weighted by Crippen LogP contribution is -2.35. The van der Waals surface area contributed by atoms with E-state index < -0.39 is 20.6 Å². The summed E-state index contributed by atoms with van der Waals surface area (Å²) in [6.45, 7) is 2.73. The third-order valence-corrected chi connectivity index (χ3v) is 4.34. The molecule has 0 amide bonds. The summed E-state index contributed by atoms with van der Waals surface area (Å²) in [6, 6.07) is 5.39. The van der Waals surface area contributed by atoms with Gasteiger partial charge in [0.25, 0.3) is 0 Å². The largest absolute Gasteiger partial charge is 0.419 e. The SMILES string of the molecule is CC(C)(c1nnc(-c2ccc(F)cc2)o1)S(N)(=O)=O. The Bertz CT molecular complexity index is 692. The highest BCUT2D eigenvalue weighted by atomic mass is 32.2. The van der Waals surface area contributed by atoms with Crippen LogP contribution in [-0.2, 0) is 14.8 Å². The second kappa shape index (κ2) is 4.39. The molecule has 1 aromatic heterocycles. The van der Waals surface area contributed by atoms with E-state index in [4.69, 9.17) is 9.56 Å². The molecule has 0 aliphatic carbocycles. The van der Waals surface area contributed by atoms with Gasteiger partial charge in [0.15, 0.2) is 4.75 Å². The zero-order chi connectivity index (χ0) is 14.3.